The second-order valence-electron chi connectivity index (χ2n) is 8.40. The third-order valence-corrected chi connectivity index (χ3v) is 5.43. The van der Waals surface area contributed by atoms with Crippen molar-refractivity contribution in [2.24, 2.45) is 5.92 Å². The Morgan fingerprint density at radius 2 is 1.69 bits per heavy atom. The molecule has 1 aliphatic rings. The van der Waals surface area contributed by atoms with E-state index in [1.807, 2.05) is 55.1 Å². The Bertz CT molecular complexity index is 952. The first kappa shape index (κ1) is 23.5. The standard InChI is InChI=1S/C26H33N3O3/c1-5-16-29-25(30)23(21-7-9-22(10-8-21)32-18-19(3)4)24(26(29)31)28(6-2)17-13-20-11-14-27-15-12-20/h7-12,14-15,19H,5-6,13,16-18H2,1-4H3. The molecular formula is C26H33N3O3. The zero-order valence-corrected chi connectivity index (χ0v) is 19.5. The largest absolute Gasteiger partial charge is 0.493 e. The molecule has 0 unspecified atom stereocenters. The number of rotatable bonds is 11. The van der Waals surface area contributed by atoms with Gasteiger partial charge in [0.25, 0.3) is 11.8 Å². The maximum atomic E-state index is 13.3. The fourth-order valence-corrected chi connectivity index (χ4v) is 3.77. The van der Waals surface area contributed by atoms with Gasteiger partial charge < -0.3 is 9.64 Å². The molecule has 0 spiro atoms. The maximum absolute atomic E-state index is 13.3. The minimum absolute atomic E-state index is 0.205. The summed E-state index contributed by atoms with van der Waals surface area (Å²) in [4.78, 5) is 34.1. The molecule has 2 heterocycles. The highest BCUT2D eigenvalue weighted by Crippen LogP contribution is 2.32. The summed E-state index contributed by atoms with van der Waals surface area (Å²) in [5, 5.41) is 0. The minimum atomic E-state index is -0.218. The van der Waals surface area contributed by atoms with Gasteiger partial charge in [0.05, 0.1) is 12.2 Å². The molecule has 32 heavy (non-hydrogen) atoms. The van der Waals surface area contributed by atoms with Gasteiger partial charge in [-0.15, -0.1) is 0 Å². The zero-order valence-electron chi connectivity index (χ0n) is 19.5. The van der Waals surface area contributed by atoms with Crippen LogP contribution in [0.2, 0.25) is 0 Å². The van der Waals surface area contributed by atoms with Crippen molar-refractivity contribution < 1.29 is 14.3 Å². The molecule has 3 rings (SSSR count). The number of likely N-dealkylation sites (N-methyl/N-ethyl adjacent to an activating group) is 1. The lowest BCUT2D eigenvalue weighted by molar-refractivity contribution is -0.137. The van der Waals surface area contributed by atoms with Crippen molar-refractivity contribution in [3.05, 3.63) is 65.6 Å². The highest BCUT2D eigenvalue weighted by molar-refractivity contribution is 6.35. The molecule has 0 fully saturated rings. The Morgan fingerprint density at radius 1 is 1.00 bits per heavy atom. The van der Waals surface area contributed by atoms with E-state index in [2.05, 4.69) is 18.8 Å². The van der Waals surface area contributed by atoms with Crippen LogP contribution in [-0.4, -0.2) is 52.8 Å². The third-order valence-electron chi connectivity index (χ3n) is 5.43. The quantitative estimate of drug-likeness (QED) is 0.496. The number of imide groups is 1. The number of aromatic nitrogens is 1. The lowest BCUT2D eigenvalue weighted by atomic mass is 10.0. The Hall–Kier alpha value is -3.15. The fraction of sp³-hybridized carbons (Fsp3) is 0.423. The molecule has 6 nitrogen and oxygen atoms in total. The summed E-state index contributed by atoms with van der Waals surface area (Å²) >= 11 is 0. The number of hydrogen-bond acceptors (Lipinski definition) is 5. The van der Waals surface area contributed by atoms with Crippen LogP contribution in [0.5, 0.6) is 5.75 Å². The molecule has 2 amide bonds. The van der Waals surface area contributed by atoms with E-state index in [4.69, 9.17) is 4.74 Å². The van der Waals surface area contributed by atoms with Crippen LogP contribution in [0.25, 0.3) is 5.57 Å². The van der Waals surface area contributed by atoms with Gasteiger partial charge in [0.2, 0.25) is 0 Å². The monoisotopic (exact) mass is 435 g/mol. The van der Waals surface area contributed by atoms with E-state index >= 15 is 0 Å². The molecule has 1 aromatic carbocycles. The SMILES string of the molecule is CCCN1C(=O)C(c2ccc(OCC(C)C)cc2)=C(N(CC)CCc2ccncc2)C1=O. The van der Waals surface area contributed by atoms with Gasteiger partial charge in [0.15, 0.2) is 0 Å². The van der Waals surface area contributed by atoms with E-state index in [-0.39, 0.29) is 11.8 Å². The molecule has 1 aromatic heterocycles. The predicted octanol–water partition coefficient (Wildman–Crippen LogP) is 4.17. The van der Waals surface area contributed by atoms with E-state index in [0.29, 0.717) is 43.4 Å². The summed E-state index contributed by atoms with van der Waals surface area (Å²) in [6.45, 7) is 10.5. The summed E-state index contributed by atoms with van der Waals surface area (Å²) in [6.07, 6.45) is 5.03. The van der Waals surface area contributed by atoms with Crippen LogP contribution in [-0.2, 0) is 16.0 Å². The Labute approximate surface area is 190 Å². The van der Waals surface area contributed by atoms with E-state index in [0.717, 1.165) is 29.7 Å². The topological polar surface area (TPSA) is 62.7 Å². The molecule has 170 valence electrons. The number of carbonyl (C=O) groups excluding carboxylic acids is 2. The molecule has 0 N–H and O–H groups in total. The summed E-state index contributed by atoms with van der Waals surface area (Å²) in [5.74, 6) is 0.768. The number of pyridine rings is 1. The third kappa shape index (κ3) is 5.36. The van der Waals surface area contributed by atoms with Crippen molar-refractivity contribution >= 4 is 17.4 Å². The van der Waals surface area contributed by atoms with Gasteiger partial charge >= 0.3 is 0 Å². The van der Waals surface area contributed by atoms with Crippen molar-refractivity contribution in [2.75, 3.05) is 26.2 Å². The summed E-state index contributed by atoms with van der Waals surface area (Å²) < 4.78 is 5.78. The van der Waals surface area contributed by atoms with Crippen LogP contribution in [0.1, 0.15) is 45.2 Å². The summed E-state index contributed by atoms with van der Waals surface area (Å²) in [6, 6.07) is 11.4. The van der Waals surface area contributed by atoms with Gasteiger partial charge in [-0.2, -0.15) is 0 Å². The van der Waals surface area contributed by atoms with Crippen LogP contribution in [0.3, 0.4) is 0 Å². The van der Waals surface area contributed by atoms with Crippen LogP contribution in [0, 0.1) is 5.92 Å². The fourth-order valence-electron chi connectivity index (χ4n) is 3.77. The number of nitrogens with zero attached hydrogens (tertiary/aromatic N) is 3. The van der Waals surface area contributed by atoms with Crippen molar-refractivity contribution in [2.45, 2.75) is 40.5 Å². The van der Waals surface area contributed by atoms with Gasteiger partial charge in [-0.05, 0) is 61.1 Å². The van der Waals surface area contributed by atoms with Gasteiger partial charge in [0, 0.05) is 32.0 Å². The molecule has 0 radical (unpaired) electrons. The number of benzene rings is 1. The van der Waals surface area contributed by atoms with E-state index in [9.17, 15) is 9.59 Å². The number of hydrogen-bond donors (Lipinski definition) is 0. The lowest BCUT2D eigenvalue weighted by Gasteiger charge is -2.24. The zero-order chi connectivity index (χ0) is 23.1. The summed E-state index contributed by atoms with van der Waals surface area (Å²) in [7, 11) is 0. The average molecular weight is 436 g/mol. The van der Waals surface area contributed by atoms with Crippen molar-refractivity contribution in [1.29, 1.82) is 0 Å². The molecular weight excluding hydrogens is 402 g/mol. The van der Waals surface area contributed by atoms with Gasteiger partial charge in [-0.25, -0.2) is 0 Å². The lowest BCUT2D eigenvalue weighted by Crippen LogP contribution is -2.36. The smallest absolute Gasteiger partial charge is 0.277 e. The second kappa shape index (κ2) is 10.9. The number of ether oxygens (including phenoxy) is 1. The van der Waals surface area contributed by atoms with Gasteiger partial charge in [-0.3, -0.25) is 19.5 Å². The second-order valence-corrected chi connectivity index (χ2v) is 8.40. The first-order chi connectivity index (χ1) is 15.5. The van der Waals surface area contributed by atoms with E-state index in [1.165, 1.54) is 4.90 Å². The van der Waals surface area contributed by atoms with Crippen LogP contribution >= 0.6 is 0 Å². The highest BCUT2D eigenvalue weighted by Gasteiger charge is 2.40. The molecule has 0 atom stereocenters. The van der Waals surface area contributed by atoms with Crippen molar-refractivity contribution in [3.8, 4) is 5.75 Å². The first-order valence-corrected chi connectivity index (χ1v) is 11.4. The molecule has 0 aliphatic carbocycles. The minimum Gasteiger partial charge on any atom is -0.493 e. The van der Waals surface area contributed by atoms with E-state index in [1.54, 1.807) is 12.4 Å². The first-order valence-electron chi connectivity index (χ1n) is 11.4. The Balaban J connectivity index is 1.92. The molecule has 0 saturated heterocycles. The predicted molar refractivity (Wildman–Crippen MR) is 126 cm³/mol. The van der Waals surface area contributed by atoms with E-state index < -0.39 is 0 Å². The molecule has 6 heteroatoms. The van der Waals surface area contributed by atoms with Crippen LogP contribution in [0.15, 0.2) is 54.5 Å². The summed E-state index contributed by atoms with van der Waals surface area (Å²) in [5.41, 5.74) is 2.87. The number of carbonyl (C=O) groups is 2. The van der Waals surface area contributed by atoms with Gasteiger partial charge in [0.1, 0.15) is 11.4 Å². The average Bonchev–Trinajstić information content (AvgIpc) is 3.04. The Kier molecular flexibility index (Phi) is 8.03. The normalized spacial score (nSPS) is 14.0. The molecule has 0 saturated carbocycles. The van der Waals surface area contributed by atoms with Crippen LogP contribution < -0.4 is 4.74 Å². The molecule has 2 aromatic rings. The van der Waals surface area contributed by atoms with Gasteiger partial charge in [-0.1, -0.05) is 32.9 Å². The number of amides is 2. The van der Waals surface area contributed by atoms with Crippen molar-refractivity contribution in [3.63, 3.8) is 0 Å². The van der Waals surface area contributed by atoms with Crippen molar-refractivity contribution in [1.82, 2.24) is 14.8 Å². The molecule has 0 bridgehead atoms. The molecule has 1 aliphatic heterocycles. The Morgan fingerprint density at radius 3 is 2.28 bits per heavy atom. The maximum Gasteiger partial charge on any atom is 0.277 e. The van der Waals surface area contributed by atoms with Crippen LogP contribution in [0.4, 0.5) is 0 Å². The highest BCUT2D eigenvalue weighted by atomic mass is 16.5.